The lowest BCUT2D eigenvalue weighted by Crippen LogP contribution is -2.45. The van der Waals surface area contributed by atoms with Gasteiger partial charge in [0.2, 0.25) is 0 Å². The van der Waals surface area contributed by atoms with E-state index in [1.165, 1.54) is 16.7 Å². The van der Waals surface area contributed by atoms with Crippen molar-refractivity contribution < 1.29 is 19.0 Å². The van der Waals surface area contributed by atoms with Crippen LogP contribution in [0.2, 0.25) is 0 Å². The van der Waals surface area contributed by atoms with E-state index in [0.717, 1.165) is 38.5 Å². The van der Waals surface area contributed by atoms with Crippen molar-refractivity contribution in [2.45, 2.75) is 57.3 Å². The Morgan fingerprint density at radius 2 is 2.04 bits per heavy atom. The lowest BCUT2D eigenvalue weighted by molar-refractivity contribution is -0.166. The summed E-state index contributed by atoms with van der Waals surface area (Å²) in [6, 6.07) is 0. The minimum atomic E-state index is -0.387. The second-order valence-corrected chi connectivity index (χ2v) is 7.95. The van der Waals surface area contributed by atoms with Crippen molar-refractivity contribution in [3.8, 4) is 0 Å². The zero-order valence-corrected chi connectivity index (χ0v) is 13.7. The molecular weight excluding hydrogens is 292 g/mol. The molecule has 3 atom stereocenters. The van der Waals surface area contributed by atoms with E-state index in [4.69, 9.17) is 14.2 Å². The second-order valence-electron chi connectivity index (χ2n) is 7.95. The molecule has 23 heavy (non-hydrogen) atoms. The van der Waals surface area contributed by atoms with E-state index < -0.39 is 0 Å². The van der Waals surface area contributed by atoms with E-state index in [9.17, 15) is 4.79 Å². The van der Waals surface area contributed by atoms with Crippen LogP contribution in [0.3, 0.4) is 0 Å². The summed E-state index contributed by atoms with van der Waals surface area (Å²) in [5.41, 5.74) is 4.01. The highest BCUT2D eigenvalue weighted by molar-refractivity contribution is 5.87. The van der Waals surface area contributed by atoms with Gasteiger partial charge in [0, 0.05) is 30.6 Å². The van der Waals surface area contributed by atoms with Crippen LogP contribution in [0.5, 0.6) is 0 Å². The molecule has 1 saturated heterocycles. The quantitative estimate of drug-likeness (QED) is 0.689. The predicted molar refractivity (Wildman–Crippen MR) is 83.8 cm³/mol. The van der Waals surface area contributed by atoms with E-state index >= 15 is 0 Å². The molecule has 4 heteroatoms. The fourth-order valence-corrected chi connectivity index (χ4v) is 5.44. The average Bonchev–Trinajstić information content (AvgIpc) is 3.12. The molecule has 0 bridgehead atoms. The zero-order valence-electron chi connectivity index (χ0n) is 13.7. The molecule has 0 aromatic heterocycles. The number of hydrogen-bond acceptors (Lipinski definition) is 4. The van der Waals surface area contributed by atoms with Gasteiger partial charge in [-0.25, -0.2) is 0 Å². The van der Waals surface area contributed by atoms with E-state index in [1.54, 1.807) is 0 Å². The topological polar surface area (TPSA) is 44.8 Å². The first-order valence-corrected chi connectivity index (χ1v) is 8.95. The molecule has 3 aliphatic carbocycles. The van der Waals surface area contributed by atoms with Crippen LogP contribution in [0.15, 0.2) is 22.8 Å². The SMILES string of the molecule is C[C@]12CC=C3C4=C(CO[C@H]3[C@@H]1CCC2=O)CC1(CC4)OCCO1. The zero-order chi connectivity index (χ0) is 15.7. The summed E-state index contributed by atoms with van der Waals surface area (Å²) in [4.78, 5) is 12.3. The molecule has 1 saturated carbocycles. The molecule has 2 aliphatic heterocycles. The van der Waals surface area contributed by atoms with Crippen molar-refractivity contribution >= 4 is 5.78 Å². The summed E-state index contributed by atoms with van der Waals surface area (Å²) in [6.07, 6.45) is 7.80. The summed E-state index contributed by atoms with van der Waals surface area (Å²) in [7, 11) is 0. The summed E-state index contributed by atoms with van der Waals surface area (Å²) in [5.74, 6) is 0.401. The second kappa shape index (κ2) is 4.78. The summed E-state index contributed by atoms with van der Waals surface area (Å²) in [6.45, 7) is 4.23. The molecule has 0 amide bonds. The van der Waals surface area contributed by atoms with Crippen LogP contribution in [0.4, 0.5) is 0 Å². The predicted octanol–water partition coefficient (Wildman–Crippen LogP) is 2.92. The first-order chi connectivity index (χ1) is 11.1. The summed E-state index contributed by atoms with van der Waals surface area (Å²) < 4.78 is 18.1. The monoisotopic (exact) mass is 316 g/mol. The Labute approximate surface area is 136 Å². The van der Waals surface area contributed by atoms with Crippen LogP contribution in [0.25, 0.3) is 0 Å². The van der Waals surface area contributed by atoms with E-state index in [0.29, 0.717) is 31.5 Å². The fraction of sp³-hybridized carbons (Fsp3) is 0.737. The highest BCUT2D eigenvalue weighted by Gasteiger charge is 2.54. The molecule has 4 nitrogen and oxygen atoms in total. The fourth-order valence-electron chi connectivity index (χ4n) is 5.44. The van der Waals surface area contributed by atoms with Gasteiger partial charge in [-0.05, 0) is 36.0 Å². The van der Waals surface area contributed by atoms with Crippen LogP contribution in [-0.4, -0.2) is 37.5 Å². The first kappa shape index (κ1) is 14.4. The van der Waals surface area contributed by atoms with Gasteiger partial charge in [-0.15, -0.1) is 0 Å². The van der Waals surface area contributed by atoms with Crippen molar-refractivity contribution in [1.29, 1.82) is 0 Å². The number of allylic oxidation sites excluding steroid dienone is 1. The Bertz CT molecular complexity index is 625. The molecule has 124 valence electrons. The minimum Gasteiger partial charge on any atom is -0.369 e. The largest absolute Gasteiger partial charge is 0.369 e. The molecule has 5 rings (SSSR count). The van der Waals surface area contributed by atoms with Crippen LogP contribution in [-0.2, 0) is 19.0 Å². The highest BCUT2D eigenvalue weighted by Crippen LogP contribution is 2.54. The van der Waals surface area contributed by atoms with Crippen molar-refractivity contribution in [2.75, 3.05) is 19.8 Å². The number of carbonyl (C=O) groups excluding carboxylic acids is 1. The molecule has 0 aromatic rings. The van der Waals surface area contributed by atoms with Crippen LogP contribution < -0.4 is 0 Å². The summed E-state index contributed by atoms with van der Waals surface area (Å²) >= 11 is 0. The van der Waals surface area contributed by atoms with Crippen molar-refractivity contribution in [3.63, 3.8) is 0 Å². The van der Waals surface area contributed by atoms with Gasteiger partial charge in [-0.1, -0.05) is 13.0 Å². The minimum absolute atomic E-state index is 0.124. The smallest absolute Gasteiger partial charge is 0.172 e. The standard InChI is InChI=1S/C19H24O4/c1-18-6-4-14-13-5-7-19(22-8-9-23-19)10-12(13)11-21-17(14)15(18)2-3-16(18)20/h4,15,17H,2-3,5-11H2,1H3/t15-,17+,18-/m0/s1. The third-order valence-electron chi connectivity index (χ3n) is 6.82. The Morgan fingerprint density at radius 1 is 1.22 bits per heavy atom. The van der Waals surface area contributed by atoms with Crippen molar-refractivity contribution in [3.05, 3.63) is 22.8 Å². The normalized spacial score (nSPS) is 41.6. The van der Waals surface area contributed by atoms with Gasteiger partial charge in [0.1, 0.15) is 5.78 Å². The number of fused-ring (bicyclic) bond motifs is 4. The summed E-state index contributed by atoms with van der Waals surface area (Å²) in [5, 5.41) is 0. The number of carbonyl (C=O) groups is 1. The van der Waals surface area contributed by atoms with Crippen molar-refractivity contribution in [2.24, 2.45) is 11.3 Å². The molecule has 2 fully saturated rings. The molecule has 0 unspecified atom stereocenters. The number of ether oxygens (including phenoxy) is 3. The van der Waals surface area contributed by atoms with Gasteiger partial charge in [-0.3, -0.25) is 4.79 Å². The molecule has 2 heterocycles. The van der Waals surface area contributed by atoms with Crippen LogP contribution in [0.1, 0.15) is 45.4 Å². The Morgan fingerprint density at radius 3 is 2.87 bits per heavy atom. The molecule has 0 aromatic carbocycles. The maximum atomic E-state index is 12.3. The first-order valence-electron chi connectivity index (χ1n) is 8.95. The Hall–Kier alpha value is -0.970. The van der Waals surface area contributed by atoms with Gasteiger partial charge in [0.25, 0.3) is 0 Å². The number of hydrogen-bond donors (Lipinski definition) is 0. The van der Waals surface area contributed by atoms with Crippen LogP contribution in [0, 0.1) is 11.3 Å². The van der Waals surface area contributed by atoms with Gasteiger partial charge < -0.3 is 14.2 Å². The van der Waals surface area contributed by atoms with Crippen LogP contribution >= 0.6 is 0 Å². The number of ketones is 1. The Kier molecular flexibility index (Phi) is 2.99. The Balaban J connectivity index is 1.49. The van der Waals surface area contributed by atoms with Crippen molar-refractivity contribution in [1.82, 2.24) is 0 Å². The highest BCUT2D eigenvalue weighted by atomic mass is 16.7. The van der Waals surface area contributed by atoms with Gasteiger partial charge in [0.05, 0.1) is 25.9 Å². The van der Waals surface area contributed by atoms with E-state index in [1.807, 2.05) is 0 Å². The molecule has 5 aliphatic rings. The third-order valence-corrected chi connectivity index (χ3v) is 6.82. The van der Waals surface area contributed by atoms with Gasteiger partial charge in [-0.2, -0.15) is 0 Å². The lowest BCUT2D eigenvalue weighted by atomic mass is 9.65. The molecule has 1 spiro atoms. The average molecular weight is 316 g/mol. The maximum absolute atomic E-state index is 12.3. The van der Waals surface area contributed by atoms with Gasteiger partial charge in [0.15, 0.2) is 5.79 Å². The third kappa shape index (κ3) is 1.92. The van der Waals surface area contributed by atoms with E-state index in [-0.39, 0.29) is 17.3 Å². The molecule has 0 N–H and O–H groups in total. The molecule has 0 radical (unpaired) electrons. The molecular formula is C19H24O4. The number of Topliss-reactive ketones (excluding diaryl/α,β-unsaturated/α-hetero) is 1. The van der Waals surface area contributed by atoms with Gasteiger partial charge >= 0.3 is 0 Å². The lowest BCUT2D eigenvalue weighted by Gasteiger charge is -2.46. The van der Waals surface area contributed by atoms with E-state index in [2.05, 4.69) is 13.0 Å². The number of rotatable bonds is 0. The maximum Gasteiger partial charge on any atom is 0.172 e.